The molecule has 3 fully saturated rings. The number of aliphatic hydroxyl groups is 1. The number of hydrogen-bond acceptors (Lipinski definition) is 7. The van der Waals surface area contributed by atoms with Crippen molar-refractivity contribution in [2.24, 2.45) is 5.41 Å². The van der Waals surface area contributed by atoms with E-state index in [2.05, 4.69) is 65.9 Å². The zero-order chi connectivity index (χ0) is 26.0. The first-order valence-corrected chi connectivity index (χ1v) is 15.0. The Balaban J connectivity index is 1.20. The second-order valence-electron chi connectivity index (χ2n) is 11.9. The number of benzene rings is 1. The first-order valence-electron chi connectivity index (χ1n) is 14.2. The molecule has 1 aromatic carbocycles. The lowest BCUT2D eigenvalue weighted by atomic mass is 9.63. The summed E-state index contributed by atoms with van der Waals surface area (Å²) in [5.74, 6) is 0.985. The summed E-state index contributed by atoms with van der Waals surface area (Å²) in [6, 6.07) is 7.41. The van der Waals surface area contributed by atoms with E-state index in [1.165, 1.54) is 49.2 Å². The van der Waals surface area contributed by atoms with Gasteiger partial charge in [0.25, 0.3) is 0 Å². The maximum absolute atomic E-state index is 9.94. The lowest BCUT2D eigenvalue weighted by Gasteiger charge is -2.52. The molecule has 2 heterocycles. The van der Waals surface area contributed by atoms with E-state index < -0.39 is 0 Å². The van der Waals surface area contributed by atoms with Crippen LogP contribution < -0.4 is 5.32 Å². The van der Waals surface area contributed by atoms with Crippen molar-refractivity contribution in [2.45, 2.75) is 107 Å². The molecule has 0 bridgehead atoms. The smallest absolute Gasteiger partial charge is 0.227 e. The van der Waals surface area contributed by atoms with Crippen molar-refractivity contribution in [1.82, 2.24) is 14.9 Å². The van der Waals surface area contributed by atoms with Crippen LogP contribution in [0.4, 0.5) is 11.6 Å². The van der Waals surface area contributed by atoms with Crippen molar-refractivity contribution in [2.75, 3.05) is 25.5 Å². The number of anilines is 2. The van der Waals surface area contributed by atoms with E-state index in [4.69, 9.17) is 9.72 Å². The molecule has 1 saturated heterocycles. The lowest BCUT2D eigenvalue weighted by Crippen LogP contribution is -2.49. The van der Waals surface area contributed by atoms with E-state index >= 15 is 0 Å². The molecule has 1 aromatic heterocycles. The third-order valence-corrected chi connectivity index (χ3v) is 10.1. The molecule has 2 aromatic rings. The Kier molecular flexibility index (Phi) is 8.44. The van der Waals surface area contributed by atoms with Crippen molar-refractivity contribution >= 4 is 23.4 Å². The molecule has 2 saturated carbocycles. The van der Waals surface area contributed by atoms with Crippen molar-refractivity contribution in [3.05, 3.63) is 41.2 Å². The van der Waals surface area contributed by atoms with Crippen LogP contribution in [0.25, 0.3) is 0 Å². The molecule has 3 aliphatic rings. The minimum absolute atomic E-state index is 0.177. The molecular weight excluding hydrogens is 480 g/mol. The predicted octanol–water partition coefficient (Wildman–Crippen LogP) is 6.44. The first kappa shape index (κ1) is 26.9. The highest BCUT2D eigenvalue weighted by Crippen LogP contribution is 2.55. The second-order valence-corrected chi connectivity index (χ2v) is 13.3. The summed E-state index contributed by atoms with van der Waals surface area (Å²) >= 11 is 2.06. The van der Waals surface area contributed by atoms with Gasteiger partial charge < -0.3 is 20.1 Å². The summed E-state index contributed by atoms with van der Waals surface area (Å²) in [5, 5.41) is 14.2. The fourth-order valence-electron chi connectivity index (χ4n) is 6.52. The summed E-state index contributed by atoms with van der Waals surface area (Å²) in [6.07, 6.45) is 10.8. The van der Waals surface area contributed by atoms with Gasteiger partial charge in [-0.25, -0.2) is 9.97 Å². The fourth-order valence-corrected chi connectivity index (χ4v) is 8.17. The molecule has 37 heavy (non-hydrogen) atoms. The number of methoxy groups -OCH3 is 1. The van der Waals surface area contributed by atoms with Gasteiger partial charge in [0, 0.05) is 46.7 Å². The van der Waals surface area contributed by atoms with Crippen LogP contribution in [0.3, 0.4) is 0 Å². The molecule has 202 valence electrons. The number of likely N-dealkylation sites (tertiary alicyclic amines) is 1. The quantitative estimate of drug-likeness (QED) is 0.412. The molecule has 2 N–H and O–H groups in total. The highest BCUT2D eigenvalue weighted by atomic mass is 32.2. The Morgan fingerprint density at radius 2 is 1.89 bits per heavy atom. The number of ether oxygens (including phenoxy) is 1. The van der Waals surface area contributed by atoms with Crippen LogP contribution >= 0.6 is 11.8 Å². The minimum Gasteiger partial charge on any atom is -0.393 e. The van der Waals surface area contributed by atoms with Gasteiger partial charge in [0.1, 0.15) is 0 Å². The Bertz CT molecular complexity index is 1050. The van der Waals surface area contributed by atoms with Gasteiger partial charge >= 0.3 is 0 Å². The van der Waals surface area contributed by atoms with Gasteiger partial charge in [-0.05, 0) is 114 Å². The van der Waals surface area contributed by atoms with Gasteiger partial charge in [-0.3, -0.25) is 0 Å². The van der Waals surface area contributed by atoms with Gasteiger partial charge in [-0.15, -0.1) is 11.8 Å². The maximum Gasteiger partial charge on any atom is 0.227 e. The van der Waals surface area contributed by atoms with Crippen LogP contribution in [0.2, 0.25) is 0 Å². The van der Waals surface area contributed by atoms with Crippen molar-refractivity contribution < 1.29 is 9.84 Å². The largest absolute Gasteiger partial charge is 0.393 e. The van der Waals surface area contributed by atoms with Crippen LogP contribution in [-0.4, -0.2) is 57.6 Å². The Morgan fingerprint density at radius 3 is 2.54 bits per heavy atom. The second kappa shape index (κ2) is 11.6. The number of aliphatic hydroxyl groups excluding tert-OH is 1. The Labute approximate surface area is 227 Å². The standard InChI is InChI=1S/C30H44N4O2S/c1-20(2)34-13-11-30(12-14-34)16-26(17-30)37-25-9-10-27(21(3)15-25)32-29-31-18-23(19-36-4)28(33-29)22-5-7-24(35)8-6-22/h9-10,15,18,20,22,24,26,35H,5-8,11-14,16-17,19H2,1-4H3,(H,31,32,33). The van der Waals surface area contributed by atoms with E-state index in [-0.39, 0.29) is 6.10 Å². The zero-order valence-electron chi connectivity index (χ0n) is 23.0. The number of aryl methyl sites for hydroxylation is 1. The number of piperidine rings is 1. The van der Waals surface area contributed by atoms with E-state index in [9.17, 15) is 5.11 Å². The van der Waals surface area contributed by atoms with Gasteiger partial charge in [-0.1, -0.05) is 0 Å². The van der Waals surface area contributed by atoms with Crippen LogP contribution in [-0.2, 0) is 11.3 Å². The molecular formula is C30H44N4O2S. The maximum atomic E-state index is 9.94. The number of nitrogens with one attached hydrogen (secondary N) is 1. The molecule has 7 heteroatoms. The van der Waals surface area contributed by atoms with Crippen molar-refractivity contribution in [3.8, 4) is 0 Å². The number of aromatic nitrogens is 2. The molecule has 1 spiro atoms. The molecule has 0 radical (unpaired) electrons. The monoisotopic (exact) mass is 524 g/mol. The summed E-state index contributed by atoms with van der Waals surface area (Å²) in [4.78, 5) is 13.5. The summed E-state index contributed by atoms with van der Waals surface area (Å²) in [6.45, 7) is 9.86. The first-order chi connectivity index (χ1) is 17.8. The van der Waals surface area contributed by atoms with Crippen LogP contribution in [0.15, 0.2) is 29.3 Å². The SMILES string of the molecule is COCc1cnc(Nc2ccc(SC3CC4(CCN(C(C)C)CC4)C3)cc2C)nc1C1CCC(O)CC1. The number of hydrogen-bond donors (Lipinski definition) is 2. The molecule has 0 amide bonds. The molecule has 5 rings (SSSR count). The van der Waals surface area contributed by atoms with Gasteiger partial charge in [0.15, 0.2) is 0 Å². The van der Waals surface area contributed by atoms with Crippen LogP contribution in [0.1, 0.15) is 88.0 Å². The fraction of sp³-hybridized carbons (Fsp3) is 0.667. The van der Waals surface area contributed by atoms with E-state index in [1.807, 2.05) is 6.20 Å². The lowest BCUT2D eigenvalue weighted by molar-refractivity contribution is 0.0267. The molecule has 2 aliphatic carbocycles. The summed E-state index contributed by atoms with van der Waals surface area (Å²) in [7, 11) is 1.71. The van der Waals surface area contributed by atoms with Gasteiger partial charge in [0.05, 0.1) is 18.4 Å². The summed E-state index contributed by atoms with van der Waals surface area (Å²) in [5.41, 5.74) is 5.00. The topological polar surface area (TPSA) is 70.5 Å². The van der Waals surface area contributed by atoms with Gasteiger partial charge in [-0.2, -0.15) is 0 Å². The molecule has 1 aliphatic heterocycles. The molecule has 0 unspecified atom stereocenters. The highest BCUT2D eigenvalue weighted by Gasteiger charge is 2.46. The van der Waals surface area contributed by atoms with Crippen molar-refractivity contribution in [1.29, 1.82) is 0 Å². The highest BCUT2D eigenvalue weighted by molar-refractivity contribution is 8.00. The molecule has 6 nitrogen and oxygen atoms in total. The normalized spacial score (nSPS) is 24.4. The zero-order valence-corrected chi connectivity index (χ0v) is 23.8. The molecule has 0 atom stereocenters. The van der Waals surface area contributed by atoms with Crippen LogP contribution in [0.5, 0.6) is 0 Å². The average molecular weight is 525 g/mol. The average Bonchev–Trinajstić information content (AvgIpc) is 2.86. The van der Waals surface area contributed by atoms with E-state index in [0.717, 1.165) is 47.9 Å². The number of thioether (sulfide) groups is 1. The Morgan fingerprint density at radius 1 is 1.16 bits per heavy atom. The van der Waals surface area contributed by atoms with E-state index in [1.54, 1.807) is 7.11 Å². The summed E-state index contributed by atoms with van der Waals surface area (Å²) < 4.78 is 5.41. The van der Waals surface area contributed by atoms with Gasteiger partial charge in [0.2, 0.25) is 5.95 Å². The van der Waals surface area contributed by atoms with E-state index in [0.29, 0.717) is 29.9 Å². The van der Waals surface area contributed by atoms with Crippen molar-refractivity contribution in [3.63, 3.8) is 0 Å². The third kappa shape index (κ3) is 6.32. The number of nitrogens with zero attached hydrogens (tertiary/aromatic N) is 3. The third-order valence-electron chi connectivity index (χ3n) is 8.94. The Hall–Kier alpha value is -1.67. The predicted molar refractivity (Wildman–Crippen MR) is 152 cm³/mol. The number of rotatable bonds is 8. The van der Waals surface area contributed by atoms with Crippen LogP contribution in [0, 0.1) is 12.3 Å². The minimum atomic E-state index is -0.177.